The quantitative estimate of drug-likeness (QED) is 0.155. The number of hydrogen-bond acceptors (Lipinski definition) is 12. The smallest absolute Gasteiger partial charge is 0.405 e. The van der Waals surface area contributed by atoms with Gasteiger partial charge in [0.05, 0.1) is 43.4 Å². The fraction of sp³-hybridized carbons (Fsp3) is 0.458. The molecule has 0 saturated carbocycles. The lowest BCUT2D eigenvalue weighted by molar-refractivity contribution is 0.00578. The van der Waals surface area contributed by atoms with Crippen LogP contribution in [0.5, 0.6) is 0 Å². The first-order valence-corrected chi connectivity index (χ1v) is 26.5. The van der Waals surface area contributed by atoms with E-state index in [2.05, 4.69) is 15.9 Å². The molecule has 0 bridgehead atoms. The molecule has 0 N–H and O–H groups in total. The summed E-state index contributed by atoms with van der Waals surface area (Å²) in [6.45, 7) is 27.7. The third kappa shape index (κ3) is 9.48. The highest BCUT2D eigenvalue weighted by Crippen LogP contribution is 2.43. The van der Waals surface area contributed by atoms with Crippen molar-refractivity contribution in [2.24, 2.45) is 14.1 Å². The van der Waals surface area contributed by atoms with Gasteiger partial charge in [0, 0.05) is 59.6 Å². The highest BCUT2D eigenvalue weighted by Gasteiger charge is 2.63. The zero-order valence-electron chi connectivity index (χ0n) is 42.7. The molecule has 0 atom stereocenters. The molecule has 0 radical (unpaired) electrons. The molecule has 22 heteroatoms. The van der Waals surface area contributed by atoms with Gasteiger partial charge in [-0.15, -0.1) is 0 Å². The number of pyridine rings is 2. The van der Waals surface area contributed by atoms with Gasteiger partial charge in [-0.1, -0.05) is 35.4 Å². The molecule has 70 heavy (non-hydrogen) atoms. The monoisotopic (exact) mass is 1060 g/mol. The van der Waals surface area contributed by atoms with Crippen molar-refractivity contribution < 1.29 is 44.8 Å². The largest absolute Gasteiger partial charge is 0.497 e. The van der Waals surface area contributed by atoms with Gasteiger partial charge in [-0.2, -0.15) is 0 Å². The Balaban J connectivity index is 0.000000161. The fourth-order valence-corrected chi connectivity index (χ4v) is 11.2. The van der Waals surface area contributed by atoms with Crippen molar-refractivity contribution in [2.45, 2.75) is 140 Å². The number of halogens is 1. The van der Waals surface area contributed by atoms with Crippen molar-refractivity contribution in [3.8, 4) is 0 Å². The van der Waals surface area contributed by atoms with E-state index in [1.165, 1.54) is 21.5 Å². The molecule has 374 valence electrons. The molecule has 0 unspecified atom stereocenters. The van der Waals surface area contributed by atoms with Crippen LogP contribution in [0.3, 0.4) is 0 Å². The number of aryl methyl sites for hydroxylation is 4. The summed E-state index contributed by atoms with van der Waals surface area (Å²) in [6, 6.07) is 16.3. The van der Waals surface area contributed by atoms with Crippen LogP contribution in [0.15, 0.2) is 109 Å². The minimum atomic E-state index is -3.94. The van der Waals surface area contributed by atoms with Crippen LogP contribution in [-0.4, -0.2) is 88.7 Å². The molecule has 16 nitrogen and oxygen atoms in total. The van der Waals surface area contributed by atoms with Crippen molar-refractivity contribution >= 4 is 84.4 Å². The lowest BCUT2D eigenvalue weighted by Gasteiger charge is -2.32. The SMILES string of the molecule is CC1(C)OB(B2OC(C)(C)C(C)(C)O2)OC1(C)C.Cc1ccc(S(=O)(=O)n2ccc3c(B4OC(C)(C)C(C)(C)O4)cn(C)c(=O)c32)cc1.Cc1ccc(S(=O)(=O)n2ccc3c(Br)cn(C)c(=O)c32)cc1. The van der Waals surface area contributed by atoms with Crippen molar-refractivity contribution in [1.82, 2.24) is 17.1 Å². The Bertz CT molecular complexity index is 3260. The zero-order chi connectivity index (χ0) is 52.1. The normalized spacial score (nSPS) is 19.8. The second-order valence-corrected chi connectivity index (χ2v) is 25.6. The molecule has 6 aromatic rings. The minimum Gasteiger partial charge on any atom is -0.405 e. The van der Waals surface area contributed by atoms with Crippen molar-refractivity contribution in [1.29, 1.82) is 0 Å². The van der Waals surface area contributed by atoms with Gasteiger partial charge in [-0.3, -0.25) is 9.59 Å². The molecule has 2 aromatic carbocycles. The van der Waals surface area contributed by atoms with E-state index in [1.54, 1.807) is 87.2 Å². The molecular weight excluding hydrogens is 1000 g/mol. The topological polar surface area (TPSA) is 178 Å². The van der Waals surface area contributed by atoms with E-state index in [9.17, 15) is 26.4 Å². The first-order valence-electron chi connectivity index (χ1n) is 22.8. The van der Waals surface area contributed by atoms with Crippen LogP contribution in [-0.2, 0) is 62.1 Å². The second-order valence-electron chi connectivity index (χ2n) is 21.1. The Morgan fingerprint density at radius 3 is 1.16 bits per heavy atom. The molecule has 3 aliphatic heterocycles. The lowest BCUT2D eigenvalue weighted by Crippen LogP contribution is -2.41. The number of nitrogens with zero attached hydrogens (tertiary/aromatic N) is 4. The summed E-state index contributed by atoms with van der Waals surface area (Å²) in [5, 5.41) is 1.06. The Morgan fingerprint density at radius 2 is 0.786 bits per heavy atom. The summed E-state index contributed by atoms with van der Waals surface area (Å²) in [7, 11) is -6.25. The molecular formula is C48H62B3BrN4O12S2. The van der Waals surface area contributed by atoms with Crippen LogP contribution in [0.25, 0.3) is 21.8 Å². The molecule has 0 aliphatic carbocycles. The fourth-order valence-electron chi connectivity index (χ4n) is 7.85. The van der Waals surface area contributed by atoms with Crippen LogP contribution < -0.4 is 16.6 Å². The average Bonchev–Trinajstić information content (AvgIpc) is 4.04. The molecule has 0 amide bonds. The van der Waals surface area contributed by atoms with Gasteiger partial charge in [0.1, 0.15) is 11.0 Å². The van der Waals surface area contributed by atoms with Crippen LogP contribution in [0.1, 0.15) is 94.2 Å². The standard InChI is InChI=1S/C21H25BN2O5S.C15H13BrN2O3S.C12H24B2O4/c1-14-7-9-15(10-8-14)30(26,27)24-12-11-16-17(13-23(6)19(25)18(16)24)22-28-20(2,3)21(4,5)29-22;1-10-3-5-11(6-4-10)22(20,21)18-8-7-12-13(16)9-17(2)15(19)14(12)18;1-9(2)10(3,4)16-13(15-9)14-17-11(5,6)12(7,8)18-14/h7-13H,1-6H3;3-9H,1-2H3;1-8H3. The molecule has 3 aliphatic rings. The summed E-state index contributed by atoms with van der Waals surface area (Å²) in [5.41, 5.74) is -0.591. The van der Waals surface area contributed by atoms with Gasteiger partial charge < -0.3 is 37.1 Å². The zero-order valence-corrected chi connectivity index (χ0v) is 45.9. The summed E-state index contributed by atoms with van der Waals surface area (Å²) in [5.74, 6) is 0. The van der Waals surface area contributed by atoms with Crippen molar-refractivity contribution in [3.05, 3.63) is 122 Å². The predicted molar refractivity (Wildman–Crippen MR) is 277 cm³/mol. The average molecular weight is 1060 g/mol. The van der Waals surface area contributed by atoms with Gasteiger partial charge in [0.15, 0.2) is 0 Å². The predicted octanol–water partition coefficient (Wildman–Crippen LogP) is 7.08. The molecule has 7 heterocycles. The highest BCUT2D eigenvalue weighted by atomic mass is 79.9. The maximum absolute atomic E-state index is 13.3. The molecule has 0 spiro atoms. The summed E-state index contributed by atoms with van der Waals surface area (Å²) in [6.07, 6.45) is 6.09. The van der Waals surface area contributed by atoms with Gasteiger partial charge in [0.2, 0.25) is 0 Å². The maximum atomic E-state index is 13.3. The number of rotatable bonds is 6. The highest BCUT2D eigenvalue weighted by molar-refractivity contribution is 9.10. The Kier molecular flexibility index (Phi) is 13.8. The molecule has 9 rings (SSSR count). The van der Waals surface area contributed by atoms with Gasteiger partial charge >= 0.3 is 21.1 Å². The van der Waals surface area contributed by atoms with Gasteiger partial charge in [-0.05, 0) is 149 Å². The lowest BCUT2D eigenvalue weighted by atomic mass is 9.49. The first-order chi connectivity index (χ1) is 32.0. The van der Waals surface area contributed by atoms with E-state index in [1.807, 2.05) is 96.9 Å². The van der Waals surface area contributed by atoms with Gasteiger partial charge in [0.25, 0.3) is 31.2 Å². The minimum absolute atomic E-state index is 0.0743. The van der Waals surface area contributed by atoms with Crippen LogP contribution in [0.2, 0.25) is 0 Å². The number of fused-ring (bicyclic) bond motifs is 2. The Morgan fingerprint density at radius 1 is 0.471 bits per heavy atom. The third-order valence-electron chi connectivity index (χ3n) is 14.4. The van der Waals surface area contributed by atoms with Crippen molar-refractivity contribution in [2.75, 3.05) is 0 Å². The Labute approximate surface area is 420 Å². The van der Waals surface area contributed by atoms with Crippen molar-refractivity contribution in [3.63, 3.8) is 0 Å². The number of benzene rings is 2. The van der Waals surface area contributed by atoms with E-state index in [0.29, 0.717) is 20.7 Å². The number of aromatic nitrogens is 4. The van der Waals surface area contributed by atoms with Crippen LogP contribution >= 0.6 is 15.9 Å². The molecule has 3 fully saturated rings. The van der Waals surface area contributed by atoms with E-state index in [0.717, 1.165) is 19.1 Å². The first kappa shape index (κ1) is 53.6. The summed E-state index contributed by atoms with van der Waals surface area (Å²) >= 11 is 3.36. The van der Waals surface area contributed by atoms with Crippen LogP contribution in [0.4, 0.5) is 0 Å². The maximum Gasteiger partial charge on any atom is 0.497 e. The second kappa shape index (κ2) is 18.1. The summed E-state index contributed by atoms with van der Waals surface area (Å²) < 4.78 is 93.8. The summed E-state index contributed by atoms with van der Waals surface area (Å²) in [4.78, 5) is 25.6. The van der Waals surface area contributed by atoms with E-state index < -0.39 is 57.9 Å². The van der Waals surface area contributed by atoms with Gasteiger partial charge in [-0.25, -0.2) is 24.8 Å². The molecule has 4 aromatic heterocycles. The van der Waals surface area contributed by atoms with E-state index >= 15 is 0 Å². The van der Waals surface area contributed by atoms with Crippen LogP contribution in [0, 0.1) is 13.8 Å². The van der Waals surface area contributed by atoms with E-state index in [4.69, 9.17) is 27.9 Å². The Hall–Kier alpha value is -4.25. The molecule has 3 saturated heterocycles. The van der Waals surface area contributed by atoms with E-state index in [-0.39, 0.29) is 48.8 Å². The third-order valence-corrected chi connectivity index (χ3v) is 18.4. The number of hydrogen-bond donors (Lipinski definition) is 0.